The monoisotopic (exact) mass is 382 g/mol. The highest BCUT2D eigenvalue weighted by Crippen LogP contribution is 2.26. The zero-order chi connectivity index (χ0) is 20.4. The maximum absolute atomic E-state index is 9.45. The smallest absolute Gasteiger partial charge is 0.120 e. The Bertz CT molecular complexity index is 762. The fourth-order valence-corrected chi connectivity index (χ4v) is 3.25. The molecule has 3 heteroatoms. The molecule has 0 unspecified atom stereocenters. The Morgan fingerprint density at radius 1 is 1.04 bits per heavy atom. The number of rotatable bonds is 11. The van der Waals surface area contributed by atoms with Crippen LogP contribution in [0.25, 0.3) is 5.57 Å². The first kappa shape index (κ1) is 22.2. The summed E-state index contributed by atoms with van der Waals surface area (Å²) >= 11 is 0. The second kappa shape index (κ2) is 11.7. The molecule has 2 aromatic carbocycles. The number of ether oxygens (including phenoxy) is 1. The summed E-state index contributed by atoms with van der Waals surface area (Å²) in [6, 6.07) is 14.0. The Labute approximate surface area is 169 Å². The van der Waals surface area contributed by atoms with Gasteiger partial charge in [0.05, 0.1) is 13.2 Å². The van der Waals surface area contributed by atoms with Crippen LogP contribution in [-0.4, -0.2) is 10.2 Å². The molecule has 0 heterocycles. The largest absolute Gasteiger partial charge is 0.489 e. The van der Waals surface area contributed by atoms with Crippen LogP contribution in [0.1, 0.15) is 68.7 Å². The van der Waals surface area contributed by atoms with Crippen molar-refractivity contribution in [1.29, 1.82) is 0 Å². The summed E-state index contributed by atoms with van der Waals surface area (Å²) < 4.78 is 6.01. The van der Waals surface area contributed by atoms with Gasteiger partial charge in [0.25, 0.3) is 0 Å². The van der Waals surface area contributed by atoms with Crippen LogP contribution in [0.15, 0.2) is 48.5 Å². The van der Waals surface area contributed by atoms with Gasteiger partial charge in [0.2, 0.25) is 0 Å². The third kappa shape index (κ3) is 6.81. The lowest BCUT2D eigenvalue weighted by molar-refractivity contribution is 0.259. The van der Waals surface area contributed by atoms with Gasteiger partial charge in [0.15, 0.2) is 0 Å². The molecule has 3 nitrogen and oxygen atoms in total. The van der Waals surface area contributed by atoms with E-state index in [1.54, 1.807) is 0 Å². The lowest BCUT2D eigenvalue weighted by Gasteiger charge is -2.12. The molecule has 2 N–H and O–H groups in total. The van der Waals surface area contributed by atoms with Gasteiger partial charge in [0, 0.05) is 0 Å². The summed E-state index contributed by atoms with van der Waals surface area (Å²) in [5, 5.41) is 18.8. The normalized spacial score (nSPS) is 11.9. The van der Waals surface area contributed by atoms with Crippen LogP contribution in [0.5, 0.6) is 5.75 Å². The van der Waals surface area contributed by atoms with Crippen molar-refractivity contribution in [3.05, 3.63) is 70.8 Å². The molecule has 0 aromatic heterocycles. The van der Waals surface area contributed by atoms with Crippen molar-refractivity contribution in [2.75, 3.05) is 0 Å². The Balaban J connectivity index is 2.09. The summed E-state index contributed by atoms with van der Waals surface area (Å²) in [7, 11) is 0. The topological polar surface area (TPSA) is 49.7 Å². The van der Waals surface area contributed by atoms with Gasteiger partial charge in [-0.2, -0.15) is 0 Å². The van der Waals surface area contributed by atoms with Gasteiger partial charge in [-0.3, -0.25) is 0 Å². The highest BCUT2D eigenvalue weighted by atomic mass is 16.5. The lowest BCUT2D eigenvalue weighted by Crippen LogP contribution is -2.00. The van der Waals surface area contributed by atoms with Gasteiger partial charge in [-0.25, -0.2) is 0 Å². The van der Waals surface area contributed by atoms with Crippen molar-refractivity contribution >= 4 is 5.57 Å². The predicted octanol–water partition coefficient (Wildman–Crippen LogP) is 5.87. The number of allylic oxidation sites excluding steroid dienone is 2. The van der Waals surface area contributed by atoms with Crippen LogP contribution in [-0.2, 0) is 19.8 Å². The van der Waals surface area contributed by atoms with Crippen LogP contribution >= 0.6 is 0 Å². The molecule has 0 amide bonds. The number of hydrogen-bond donors (Lipinski definition) is 2. The van der Waals surface area contributed by atoms with E-state index >= 15 is 0 Å². The van der Waals surface area contributed by atoms with E-state index in [-0.39, 0.29) is 13.2 Å². The molecule has 0 bridgehead atoms. The number of aliphatic hydroxyl groups is 2. The molecule has 0 atom stereocenters. The molecule has 0 saturated carbocycles. The Morgan fingerprint density at radius 3 is 2.50 bits per heavy atom. The molecule has 0 fully saturated rings. The fourth-order valence-electron chi connectivity index (χ4n) is 3.25. The molecule has 0 aliphatic rings. The van der Waals surface area contributed by atoms with E-state index in [4.69, 9.17) is 4.74 Å². The average Bonchev–Trinajstić information content (AvgIpc) is 2.71. The van der Waals surface area contributed by atoms with E-state index in [1.165, 1.54) is 17.6 Å². The van der Waals surface area contributed by atoms with Gasteiger partial charge < -0.3 is 14.9 Å². The quantitative estimate of drug-likeness (QED) is 0.511. The van der Waals surface area contributed by atoms with Crippen molar-refractivity contribution in [1.82, 2.24) is 0 Å². The SMILES string of the molecule is CCC/C(=C/CCC(C)C)c1cccc(OCc2ccc(CO)c(CO)c2)c1. The van der Waals surface area contributed by atoms with E-state index < -0.39 is 0 Å². The number of aliphatic hydroxyl groups excluding tert-OH is 2. The Kier molecular flexibility index (Phi) is 9.26. The summed E-state index contributed by atoms with van der Waals surface area (Å²) in [6.45, 7) is 7.02. The average molecular weight is 383 g/mol. The predicted molar refractivity (Wildman–Crippen MR) is 116 cm³/mol. The molecule has 0 saturated heterocycles. The first-order valence-electron chi connectivity index (χ1n) is 10.3. The van der Waals surface area contributed by atoms with Gasteiger partial charge in [-0.15, -0.1) is 0 Å². The van der Waals surface area contributed by atoms with E-state index in [9.17, 15) is 10.2 Å². The molecule has 28 heavy (non-hydrogen) atoms. The maximum Gasteiger partial charge on any atom is 0.120 e. The standard InChI is InChI=1S/C25H34O3/c1-4-7-21(9-5-8-19(2)3)22-10-6-11-25(15-22)28-18-20-12-13-23(16-26)24(14-20)17-27/h6,9-15,19,26-27H,4-5,7-8,16-18H2,1-3H3/b21-9-. The number of hydrogen-bond acceptors (Lipinski definition) is 3. The molecule has 2 aromatic rings. The van der Waals surface area contributed by atoms with Gasteiger partial charge >= 0.3 is 0 Å². The van der Waals surface area contributed by atoms with E-state index in [1.807, 2.05) is 30.3 Å². The molecule has 0 spiro atoms. The van der Waals surface area contributed by atoms with Crippen LogP contribution in [0.2, 0.25) is 0 Å². The summed E-state index contributed by atoms with van der Waals surface area (Å²) in [6.07, 6.45) is 6.90. The van der Waals surface area contributed by atoms with E-state index in [2.05, 4.69) is 39.0 Å². The Morgan fingerprint density at radius 2 is 1.82 bits per heavy atom. The minimum Gasteiger partial charge on any atom is -0.489 e. The molecule has 0 aliphatic carbocycles. The molecule has 0 aliphatic heterocycles. The summed E-state index contributed by atoms with van der Waals surface area (Å²) in [5.41, 5.74) is 5.10. The van der Waals surface area contributed by atoms with Gasteiger partial charge in [-0.1, -0.05) is 57.5 Å². The Hall–Kier alpha value is -2.10. The minimum atomic E-state index is -0.0826. The number of benzene rings is 2. The summed E-state index contributed by atoms with van der Waals surface area (Å²) in [4.78, 5) is 0. The first-order chi connectivity index (χ1) is 13.6. The van der Waals surface area contributed by atoms with Gasteiger partial charge in [-0.05, 0) is 71.2 Å². The van der Waals surface area contributed by atoms with Crippen molar-refractivity contribution in [3.8, 4) is 5.75 Å². The van der Waals surface area contributed by atoms with E-state index in [0.717, 1.165) is 47.6 Å². The zero-order valence-corrected chi connectivity index (χ0v) is 17.4. The molecule has 152 valence electrons. The van der Waals surface area contributed by atoms with Crippen LogP contribution in [0.3, 0.4) is 0 Å². The fraction of sp³-hybridized carbons (Fsp3) is 0.440. The zero-order valence-electron chi connectivity index (χ0n) is 17.4. The maximum atomic E-state index is 9.45. The third-order valence-corrected chi connectivity index (χ3v) is 4.88. The van der Waals surface area contributed by atoms with Crippen molar-refractivity contribution < 1.29 is 14.9 Å². The molecular weight excluding hydrogens is 348 g/mol. The van der Waals surface area contributed by atoms with Crippen molar-refractivity contribution in [2.24, 2.45) is 5.92 Å². The molecule has 2 rings (SSSR count). The third-order valence-electron chi connectivity index (χ3n) is 4.88. The first-order valence-corrected chi connectivity index (χ1v) is 10.3. The van der Waals surface area contributed by atoms with E-state index in [0.29, 0.717) is 6.61 Å². The van der Waals surface area contributed by atoms with Crippen LogP contribution < -0.4 is 4.74 Å². The minimum absolute atomic E-state index is 0.0670. The second-order valence-corrected chi connectivity index (χ2v) is 7.69. The molecular formula is C25H34O3. The highest BCUT2D eigenvalue weighted by Gasteiger charge is 2.06. The van der Waals surface area contributed by atoms with Crippen LogP contribution in [0.4, 0.5) is 0 Å². The molecule has 0 radical (unpaired) electrons. The highest BCUT2D eigenvalue weighted by molar-refractivity contribution is 5.66. The van der Waals surface area contributed by atoms with Crippen molar-refractivity contribution in [3.63, 3.8) is 0 Å². The van der Waals surface area contributed by atoms with Gasteiger partial charge in [0.1, 0.15) is 12.4 Å². The van der Waals surface area contributed by atoms with Crippen LogP contribution in [0, 0.1) is 5.92 Å². The summed E-state index contributed by atoms with van der Waals surface area (Å²) in [5.74, 6) is 1.56. The van der Waals surface area contributed by atoms with Crippen molar-refractivity contribution in [2.45, 2.75) is 66.3 Å². The second-order valence-electron chi connectivity index (χ2n) is 7.69. The lowest BCUT2D eigenvalue weighted by atomic mass is 9.98.